The number of rotatable bonds is 11. The highest BCUT2D eigenvalue weighted by molar-refractivity contribution is 9.10. The summed E-state index contributed by atoms with van der Waals surface area (Å²) in [4.78, 5) is 27.7. The zero-order valence-corrected chi connectivity index (χ0v) is 23.0. The molecule has 0 aliphatic carbocycles. The second-order valence-electron chi connectivity index (χ2n) is 8.12. The van der Waals surface area contributed by atoms with E-state index in [1.54, 1.807) is 32.0 Å². The van der Waals surface area contributed by atoms with Crippen LogP contribution in [0.4, 0.5) is 5.69 Å². The van der Waals surface area contributed by atoms with Gasteiger partial charge in [-0.15, -0.1) is 0 Å². The lowest BCUT2D eigenvalue weighted by molar-refractivity contribution is -0.139. The molecule has 2 aromatic carbocycles. The van der Waals surface area contributed by atoms with Crippen LogP contribution in [0.2, 0.25) is 5.02 Å². The molecule has 1 N–H and O–H groups in total. The molecule has 2 amide bonds. The smallest absolute Gasteiger partial charge is 0.244 e. The Labute approximate surface area is 215 Å². The Morgan fingerprint density at radius 2 is 1.79 bits per heavy atom. The van der Waals surface area contributed by atoms with Crippen molar-refractivity contribution >= 4 is 55.1 Å². The van der Waals surface area contributed by atoms with Gasteiger partial charge in [-0.2, -0.15) is 0 Å². The fourth-order valence-electron chi connectivity index (χ4n) is 3.37. The van der Waals surface area contributed by atoms with Crippen LogP contribution in [0.15, 0.2) is 46.9 Å². The Balaban J connectivity index is 2.38. The van der Waals surface area contributed by atoms with Gasteiger partial charge in [0, 0.05) is 22.6 Å². The third-order valence-electron chi connectivity index (χ3n) is 5.45. The number of benzene rings is 2. The number of unbranched alkanes of at least 4 members (excludes halogenated alkanes) is 1. The molecule has 2 rings (SSSR count). The molecule has 0 unspecified atom stereocenters. The number of carbonyl (C=O) groups excluding carboxylic acids is 2. The molecule has 0 aliphatic rings. The van der Waals surface area contributed by atoms with Gasteiger partial charge in [0.15, 0.2) is 0 Å². The number of carbonyl (C=O) groups is 2. The molecule has 2 aromatic rings. The maximum Gasteiger partial charge on any atom is 0.244 e. The van der Waals surface area contributed by atoms with E-state index in [2.05, 4.69) is 21.2 Å². The molecule has 0 spiro atoms. The topological polar surface area (TPSA) is 86.8 Å². The molecule has 0 fully saturated rings. The van der Waals surface area contributed by atoms with Gasteiger partial charge in [0.2, 0.25) is 21.8 Å². The Hall–Kier alpha value is -2.10. The number of nitrogens with zero attached hydrogens (tertiary/aromatic N) is 2. The van der Waals surface area contributed by atoms with Gasteiger partial charge in [-0.3, -0.25) is 13.9 Å². The molecule has 0 saturated carbocycles. The molecule has 0 bridgehead atoms. The number of hydrogen-bond donors (Lipinski definition) is 1. The van der Waals surface area contributed by atoms with E-state index < -0.39 is 28.5 Å². The lowest BCUT2D eigenvalue weighted by atomic mass is 10.1. The quantitative estimate of drug-likeness (QED) is 0.402. The van der Waals surface area contributed by atoms with Crippen molar-refractivity contribution < 1.29 is 18.0 Å². The number of anilines is 1. The second-order valence-corrected chi connectivity index (χ2v) is 11.4. The van der Waals surface area contributed by atoms with Crippen molar-refractivity contribution in [1.29, 1.82) is 0 Å². The summed E-state index contributed by atoms with van der Waals surface area (Å²) in [6.07, 6.45) is 2.80. The summed E-state index contributed by atoms with van der Waals surface area (Å²) < 4.78 is 27.2. The van der Waals surface area contributed by atoms with E-state index in [0.29, 0.717) is 22.8 Å². The fourth-order valence-corrected chi connectivity index (χ4v) is 4.70. The monoisotopic (exact) mass is 571 g/mol. The predicted molar refractivity (Wildman–Crippen MR) is 140 cm³/mol. The summed E-state index contributed by atoms with van der Waals surface area (Å²) in [6, 6.07) is 11.5. The summed E-state index contributed by atoms with van der Waals surface area (Å²) in [5, 5.41) is 3.25. The van der Waals surface area contributed by atoms with E-state index in [1.807, 2.05) is 31.2 Å². The first-order valence-corrected chi connectivity index (χ1v) is 14.0. The highest BCUT2D eigenvalue weighted by atomic mass is 79.9. The van der Waals surface area contributed by atoms with Gasteiger partial charge < -0.3 is 10.2 Å². The van der Waals surface area contributed by atoms with Gasteiger partial charge in [-0.05, 0) is 55.7 Å². The van der Waals surface area contributed by atoms with Crippen molar-refractivity contribution in [3.05, 3.63) is 63.1 Å². The molecule has 10 heteroatoms. The first-order chi connectivity index (χ1) is 16.0. The van der Waals surface area contributed by atoms with Crippen LogP contribution in [-0.4, -0.2) is 50.5 Å². The molecule has 0 radical (unpaired) electrons. The summed E-state index contributed by atoms with van der Waals surface area (Å²) in [6.45, 7) is 5.58. The highest BCUT2D eigenvalue weighted by Gasteiger charge is 2.30. The SMILES string of the molecule is CCCCNC(=O)[C@H](C)N(Cc1ccc(Br)cc1)C(=O)CN(c1cccc(Cl)c1C)S(C)(=O)=O. The van der Waals surface area contributed by atoms with Crippen molar-refractivity contribution in [2.75, 3.05) is 23.7 Å². The number of hydrogen-bond acceptors (Lipinski definition) is 4. The molecule has 186 valence electrons. The minimum atomic E-state index is -3.81. The maximum absolute atomic E-state index is 13.5. The number of sulfonamides is 1. The van der Waals surface area contributed by atoms with E-state index in [0.717, 1.165) is 33.4 Å². The van der Waals surface area contributed by atoms with E-state index in [-0.39, 0.29) is 12.5 Å². The zero-order chi connectivity index (χ0) is 25.5. The minimum absolute atomic E-state index is 0.153. The van der Waals surface area contributed by atoms with Crippen LogP contribution in [0.5, 0.6) is 0 Å². The van der Waals surface area contributed by atoms with Gasteiger partial charge in [-0.1, -0.05) is 59.1 Å². The van der Waals surface area contributed by atoms with Crippen LogP contribution in [0.25, 0.3) is 0 Å². The summed E-state index contributed by atoms with van der Waals surface area (Å²) in [5.41, 5.74) is 1.69. The number of amides is 2. The first kappa shape index (κ1) is 28.1. The third-order valence-corrected chi connectivity index (χ3v) is 7.51. The lowest BCUT2D eigenvalue weighted by Crippen LogP contribution is -2.51. The normalized spacial score (nSPS) is 12.2. The first-order valence-electron chi connectivity index (χ1n) is 11.0. The highest BCUT2D eigenvalue weighted by Crippen LogP contribution is 2.28. The molecule has 0 aromatic heterocycles. The van der Waals surface area contributed by atoms with Crippen LogP contribution in [0, 0.1) is 6.92 Å². The van der Waals surface area contributed by atoms with E-state index in [4.69, 9.17) is 11.6 Å². The predicted octanol–water partition coefficient (Wildman–Crippen LogP) is 4.51. The Bertz CT molecular complexity index is 1110. The van der Waals surface area contributed by atoms with E-state index in [1.165, 1.54) is 4.90 Å². The Morgan fingerprint density at radius 3 is 2.38 bits per heavy atom. The molecular weight excluding hydrogens is 542 g/mol. The molecule has 7 nitrogen and oxygen atoms in total. The molecular formula is C24H31BrClN3O4S. The Morgan fingerprint density at radius 1 is 1.15 bits per heavy atom. The minimum Gasteiger partial charge on any atom is -0.354 e. The average Bonchev–Trinajstić information content (AvgIpc) is 2.78. The van der Waals surface area contributed by atoms with Crippen LogP contribution in [0.3, 0.4) is 0 Å². The number of nitrogens with one attached hydrogen (secondary N) is 1. The Kier molecular flexibility index (Phi) is 10.4. The van der Waals surface area contributed by atoms with Gasteiger partial charge >= 0.3 is 0 Å². The number of halogens is 2. The van der Waals surface area contributed by atoms with Crippen LogP contribution in [0.1, 0.15) is 37.8 Å². The molecule has 0 heterocycles. The van der Waals surface area contributed by atoms with Crippen molar-refractivity contribution in [3.63, 3.8) is 0 Å². The van der Waals surface area contributed by atoms with Gasteiger partial charge in [0.1, 0.15) is 12.6 Å². The van der Waals surface area contributed by atoms with Gasteiger partial charge in [0.25, 0.3) is 0 Å². The van der Waals surface area contributed by atoms with E-state index >= 15 is 0 Å². The standard InChI is InChI=1S/C24H31BrClN3O4S/c1-5-6-14-27-24(31)18(3)28(15-19-10-12-20(25)13-11-19)23(30)16-29(34(4,32)33)22-9-7-8-21(26)17(22)2/h7-13,18H,5-6,14-16H2,1-4H3,(H,27,31)/t18-/m0/s1. The van der Waals surface area contributed by atoms with Crippen molar-refractivity contribution in [2.45, 2.75) is 46.2 Å². The van der Waals surface area contributed by atoms with E-state index in [9.17, 15) is 18.0 Å². The zero-order valence-electron chi connectivity index (χ0n) is 19.8. The molecule has 0 aliphatic heterocycles. The van der Waals surface area contributed by atoms with Gasteiger partial charge in [-0.25, -0.2) is 8.42 Å². The average molecular weight is 573 g/mol. The second kappa shape index (κ2) is 12.6. The van der Waals surface area contributed by atoms with Crippen molar-refractivity contribution in [3.8, 4) is 0 Å². The summed E-state index contributed by atoms with van der Waals surface area (Å²) in [5.74, 6) is -0.783. The maximum atomic E-state index is 13.5. The largest absolute Gasteiger partial charge is 0.354 e. The van der Waals surface area contributed by atoms with Crippen LogP contribution in [-0.2, 0) is 26.2 Å². The lowest BCUT2D eigenvalue weighted by Gasteiger charge is -2.32. The fraction of sp³-hybridized carbons (Fsp3) is 0.417. The molecule has 0 saturated heterocycles. The summed E-state index contributed by atoms with van der Waals surface area (Å²) in [7, 11) is -3.81. The van der Waals surface area contributed by atoms with Crippen LogP contribution < -0.4 is 9.62 Å². The summed E-state index contributed by atoms with van der Waals surface area (Å²) >= 11 is 9.60. The third kappa shape index (κ3) is 7.71. The van der Waals surface area contributed by atoms with Gasteiger partial charge in [0.05, 0.1) is 11.9 Å². The molecule has 34 heavy (non-hydrogen) atoms. The van der Waals surface area contributed by atoms with Crippen molar-refractivity contribution in [1.82, 2.24) is 10.2 Å². The molecule has 1 atom stereocenters. The van der Waals surface area contributed by atoms with Crippen molar-refractivity contribution in [2.24, 2.45) is 0 Å². The van der Waals surface area contributed by atoms with Crippen LogP contribution >= 0.6 is 27.5 Å².